The highest BCUT2D eigenvalue weighted by atomic mass is 35.5. The van der Waals surface area contributed by atoms with E-state index in [2.05, 4.69) is 5.16 Å². The molecule has 0 aliphatic heterocycles. The molecule has 0 spiro atoms. The van der Waals surface area contributed by atoms with Gasteiger partial charge in [0.2, 0.25) is 0 Å². The molecule has 0 radical (unpaired) electrons. The molecule has 2 aromatic carbocycles. The van der Waals surface area contributed by atoms with Gasteiger partial charge in [0.15, 0.2) is 0 Å². The number of benzene rings is 2. The van der Waals surface area contributed by atoms with Crippen LogP contribution in [0.2, 0.25) is 5.02 Å². The van der Waals surface area contributed by atoms with Crippen LogP contribution in [0, 0.1) is 0 Å². The monoisotopic (exact) mass is 299 g/mol. The van der Waals surface area contributed by atoms with Gasteiger partial charge in [-0.2, -0.15) is 0 Å². The van der Waals surface area contributed by atoms with Crippen molar-refractivity contribution in [3.05, 3.63) is 76.8 Å². The fraction of sp³-hybridized carbons (Fsp3) is 0.0588. The Hall–Kier alpha value is -2.39. The highest BCUT2D eigenvalue weighted by Crippen LogP contribution is 2.17. The van der Waals surface area contributed by atoms with Crippen LogP contribution in [0.25, 0.3) is 6.08 Å². The number of allylic oxidation sites excluding steroid dienone is 1. The second-order valence-corrected chi connectivity index (χ2v) is 4.69. The second-order valence-electron chi connectivity index (χ2n) is 4.28. The molecular formula is C17H14ClNO2. The van der Waals surface area contributed by atoms with Crippen molar-refractivity contribution in [2.75, 3.05) is 0 Å². The molecule has 0 aliphatic rings. The van der Waals surface area contributed by atoms with Crippen molar-refractivity contribution in [3.8, 4) is 0 Å². The van der Waals surface area contributed by atoms with Crippen LogP contribution in [0.4, 0.5) is 0 Å². The maximum absolute atomic E-state index is 10.9. The molecule has 0 saturated heterocycles. The first-order valence-electron chi connectivity index (χ1n) is 6.40. The number of nitrogens with zero attached hydrogens (tertiary/aromatic N) is 1. The third kappa shape index (κ3) is 4.58. The van der Waals surface area contributed by atoms with Gasteiger partial charge in [-0.05, 0) is 17.7 Å². The Balaban J connectivity index is 2.31. The summed E-state index contributed by atoms with van der Waals surface area (Å²) in [5.41, 5.74) is 2.26. The Kier molecular flexibility index (Phi) is 5.29. The standard InChI is InChI=1S/C17H14ClNO2/c1-13(20)21-19-17(15-8-3-2-4-9-15)12-11-14-7-5-6-10-16(14)18/h2-12H,1H3/b12-11+,19-17+. The van der Waals surface area contributed by atoms with Gasteiger partial charge in [0.1, 0.15) is 5.71 Å². The molecule has 0 atom stereocenters. The van der Waals surface area contributed by atoms with Gasteiger partial charge >= 0.3 is 5.97 Å². The van der Waals surface area contributed by atoms with E-state index in [-0.39, 0.29) is 0 Å². The van der Waals surface area contributed by atoms with E-state index in [1.165, 1.54) is 6.92 Å². The summed E-state index contributed by atoms with van der Waals surface area (Å²) in [6.07, 6.45) is 3.59. The third-order valence-electron chi connectivity index (χ3n) is 2.67. The highest BCUT2D eigenvalue weighted by molar-refractivity contribution is 6.32. The minimum absolute atomic E-state index is 0.463. The van der Waals surface area contributed by atoms with Gasteiger partial charge in [-0.15, -0.1) is 0 Å². The lowest BCUT2D eigenvalue weighted by atomic mass is 10.1. The average Bonchev–Trinajstić information content (AvgIpc) is 2.49. The lowest BCUT2D eigenvalue weighted by Crippen LogP contribution is -2.00. The number of carbonyl (C=O) groups excluding carboxylic acids is 1. The van der Waals surface area contributed by atoms with Crippen LogP contribution in [0.1, 0.15) is 18.1 Å². The van der Waals surface area contributed by atoms with Crippen LogP contribution in [0.3, 0.4) is 0 Å². The van der Waals surface area contributed by atoms with E-state index in [1.54, 1.807) is 6.08 Å². The van der Waals surface area contributed by atoms with Crippen molar-refractivity contribution in [2.24, 2.45) is 5.16 Å². The van der Waals surface area contributed by atoms with Crippen molar-refractivity contribution in [2.45, 2.75) is 6.92 Å². The molecule has 0 N–H and O–H groups in total. The maximum atomic E-state index is 10.9. The van der Waals surface area contributed by atoms with Crippen LogP contribution in [0.15, 0.2) is 65.8 Å². The molecule has 106 valence electrons. The van der Waals surface area contributed by atoms with Gasteiger partial charge in [-0.3, -0.25) is 0 Å². The number of hydrogen-bond acceptors (Lipinski definition) is 3. The molecule has 0 saturated carbocycles. The molecular weight excluding hydrogens is 286 g/mol. The first-order valence-corrected chi connectivity index (χ1v) is 6.78. The van der Waals surface area contributed by atoms with Crippen molar-refractivity contribution in [1.82, 2.24) is 0 Å². The van der Waals surface area contributed by atoms with E-state index in [1.807, 2.05) is 60.7 Å². The highest BCUT2D eigenvalue weighted by Gasteiger charge is 2.02. The third-order valence-corrected chi connectivity index (χ3v) is 3.01. The molecule has 0 aliphatic carbocycles. The van der Waals surface area contributed by atoms with Crippen LogP contribution >= 0.6 is 11.6 Å². The van der Waals surface area contributed by atoms with Crippen LogP contribution in [0.5, 0.6) is 0 Å². The van der Waals surface area contributed by atoms with Crippen molar-refractivity contribution in [3.63, 3.8) is 0 Å². The molecule has 0 amide bonds. The normalized spacial score (nSPS) is 11.6. The molecule has 3 nitrogen and oxygen atoms in total. The maximum Gasteiger partial charge on any atom is 0.332 e. The first-order chi connectivity index (χ1) is 10.2. The minimum Gasteiger partial charge on any atom is -0.318 e. The Morgan fingerprint density at radius 2 is 1.76 bits per heavy atom. The molecule has 2 rings (SSSR count). The van der Waals surface area contributed by atoms with E-state index in [9.17, 15) is 4.79 Å². The molecule has 0 aromatic heterocycles. The molecule has 0 unspecified atom stereocenters. The van der Waals surface area contributed by atoms with Crippen molar-refractivity contribution >= 4 is 29.4 Å². The van der Waals surface area contributed by atoms with Gasteiger partial charge in [-0.25, -0.2) is 4.79 Å². The quantitative estimate of drug-likeness (QED) is 0.479. The predicted octanol–water partition coefficient (Wildman–Crippen LogP) is 4.32. The summed E-state index contributed by atoms with van der Waals surface area (Å²) in [4.78, 5) is 15.7. The fourth-order valence-corrected chi connectivity index (χ4v) is 1.88. The van der Waals surface area contributed by atoms with Gasteiger partial charge < -0.3 is 4.84 Å². The summed E-state index contributed by atoms with van der Waals surface area (Å²) >= 11 is 6.10. The number of oxime groups is 1. The smallest absolute Gasteiger partial charge is 0.318 e. The number of hydrogen-bond donors (Lipinski definition) is 0. The second kappa shape index (κ2) is 7.41. The minimum atomic E-state index is -0.463. The van der Waals surface area contributed by atoms with E-state index in [0.29, 0.717) is 10.7 Å². The lowest BCUT2D eigenvalue weighted by Gasteiger charge is -2.02. The number of halogens is 1. The number of rotatable bonds is 4. The molecule has 21 heavy (non-hydrogen) atoms. The van der Waals surface area contributed by atoms with Crippen LogP contribution < -0.4 is 0 Å². The Labute approximate surface area is 128 Å². The largest absolute Gasteiger partial charge is 0.332 e. The van der Waals surface area contributed by atoms with E-state index in [0.717, 1.165) is 11.1 Å². The van der Waals surface area contributed by atoms with Gasteiger partial charge in [0, 0.05) is 17.5 Å². The van der Waals surface area contributed by atoms with Crippen LogP contribution in [-0.4, -0.2) is 11.7 Å². The molecule has 0 fully saturated rings. The molecule has 2 aromatic rings. The molecule has 4 heteroatoms. The zero-order valence-corrected chi connectivity index (χ0v) is 12.2. The lowest BCUT2D eigenvalue weighted by molar-refractivity contribution is -0.140. The summed E-state index contributed by atoms with van der Waals surface area (Å²) in [6, 6.07) is 16.9. The SMILES string of the molecule is CC(=O)O/N=C(\C=C\c1ccccc1Cl)c1ccccc1. The summed E-state index contributed by atoms with van der Waals surface area (Å²) in [6.45, 7) is 1.31. The molecule has 0 bridgehead atoms. The Bertz CT molecular complexity index is 678. The van der Waals surface area contributed by atoms with Gasteiger partial charge in [0.05, 0.1) is 0 Å². The summed E-state index contributed by atoms with van der Waals surface area (Å²) in [5, 5.41) is 4.52. The zero-order valence-electron chi connectivity index (χ0n) is 11.5. The molecule has 0 heterocycles. The zero-order chi connectivity index (χ0) is 15.1. The van der Waals surface area contributed by atoms with Gasteiger partial charge in [0.25, 0.3) is 0 Å². The van der Waals surface area contributed by atoms with Crippen molar-refractivity contribution in [1.29, 1.82) is 0 Å². The number of carbonyl (C=O) groups is 1. The Morgan fingerprint density at radius 1 is 1.10 bits per heavy atom. The van der Waals surface area contributed by atoms with Crippen LogP contribution in [-0.2, 0) is 9.63 Å². The summed E-state index contributed by atoms with van der Waals surface area (Å²) in [7, 11) is 0. The summed E-state index contributed by atoms with van der Waals surface area (Å²) in [5.74, 6) is -0.463. The fourth-order valence-electron chi connectivity index (χ4n) is 1.68. The summed E-state index contributed by atoms with van der Waals surface area (Å²) < 4.78 is 0. The topological polar surface area (TPSA) is 38.7 Å². The van der Waals surface area contributed by atoms with E-state index in [4.69, 9.17) is 16.4 Å². The van der Waals surface area contributed by atoms with Crippen molar-refractivity contribution < 1.29 is 9.63 Å². The average molecular weight is 300 g/mol. The first kappa shape index (κ1) is 15.0. The predicted molar refractivity (Wildman–Crippen MR) is 85.2 cm³/mol. The Morgan fingerprint density at radius 3 is 2.43 bits per heavy atom. The van der Waals surface area contributed by atoms with E-state index >= 15 is 0 Å². The van der Waals surface area contributed by atoms with E-state index < -0.39 is 5.97 Å². The van der Waals surface area contributed by atoms with Gasteiger partial charge in [-0.1, -0.05) is 71.4 Å².